The number of halogens is 2. The summed E-state index contributed by atoms with van der Waals surface area (Å²) in [4.78, 5) is 15.2. The number of nitrogens with zero attached hydrogens (tertiary/aromatic N) is 1. The van der Waals surface area contributed by atoms with Crippen molar-refractivity contribution in [2.45, 2.75) is 57.8 Å². The van der Waals surface area contributed by atoms with Crippen LogP contribution in [0, 0.1) is 23.1 Å². The van der Waals surface area contributed by atoms with Gasteiger partial charge >= 0.3 is 0 Å². The van der Waals surface area contributed by atoms with Crippen molar-refractivity contribution < 1.29 is 9.18 Å². The second kappa shape index (κ2) is 8.08. The Morgan fingerprint density at radius 3 is 2.52 bits per heavy atom. The van der Waals surface area contributed by atoms with E-state index in [-0.39, 0.29) is 11.8 Å². The van der Waals surface area contributed by atoms with Crippen LogP contribution in [-0.2, 0) is 4.79 Å². The number of hydrogen-bond acceptors (Lipinski definition) is 2. The average molecular weight is 393 g/mol. The molecule has 2 aliphatic carbocycles. The molecule has 3 fully saturated rings. The molecule has 0 aromatic heterocycles. The molecule has 1 heterocycles. The van der Waals surface area contributed by atoms with E-state index in [1.54, 1.807) is 6.07 Å². The van der Waals surface area contributed by atoms with E-state index in [1.165, 1.54) is 63.9 Å². The third-order valence-corrected chi connectivity index (χ3v) is 7.21. The van der Waals surface area contributed by atoms with Crippen molar-refractivity contribution >= 4 is 23.2 Å². The predicted molar refractivity (Wildman–Crippen MR) is 107 cm³/mol. The van der Waals surface area contributed by atoms with E-state index < -0.39 is 5.82 Å². The lowest BCUT2D eigenvalue weighted by molar-refractivity contribution is -0.123. The van der Waals surface area contributed by atoms with Crippen molar-refractivity contribution in [3.8, 4) is 0 Å². The van der Waals surface area contributed by atoms with E-state index >= 15 is 0 Å². The molecule has 2 saturated carbocycles. The van der Waals surface area contributed by atoms with Crippen LogP contribution in [0.4, 0.5) is 10.1 Å². The minimum absolute atomic E-state index is 0.00364. The van der Waals surface area contributed by atoms with Gasteiger partial charge in [0.15, 0.2) is 0 Å². The summed E-state index contributed by atoms with van der Waals surface area (Å²) in [6.45, 7) is 3.69. The fourth-order valence-corrected chi connectivity index (χ4v) is 5.63. The molecule has 27 heavy (non-hydrogen) atoms. The van der Waals surface area contributed by atoms with Crippen LogP contribution in [0.3, 0.4) is 0 Å². The topological polar surface area (TPSA) is 32.3 Å². The monoisotopic (exact) mass is 392 g/mol. The summed E-state index contributed by atoms with van der Waals surface area (Å²) >= 11 is 5.87. The maximum atomic E-state index is 13.4. The van der Waals surface area contributed by atoms with Crippen LogP contribution in [0.5, 0.6) is 0 Å². The maximum absolute atomic E-state index is 13.4. The molecule has 1 saturated heterocycles. The number of nitrogens with one attached hydrogen (secondary N) is 1. The van der Waals surface area contributed by atoms with Crippen molar-refractivity contribution in [3.63, 3.8) is 0 Å². The van der Waals surface area contributed by atoms with Gasteiger partial charge in [0.25, 0.3) is 0 Å². The highest BCUT2D eigenvalue weighted by Gasteiger charge is 2.45. The quantitative estimate of drug-likeness (QED) is 0.718. The van der Waals surface area contributed by atoms with Crippen molar-refractivity contribution in [1.82, 2.24) is 4.90 Å². The number of carbonyl (C=O) groups is 1. The highest BCUT2D eigenvalue weighted by atomic mass is 35.5. The smallest absolute Gasteiger partial charge is 0.227 e. The fraction of sp³-hybridized carbons (Fsp3) is 0.682. The van der Waals surface area contributed by atoms with E-state index in [4.69, 9.17) is 11.6 Å². The molecule has 148 valence electrons. The first-order valence-electron chi connectivity index (χ1n) is 10.5. The van der Waals surface area contributed by atoms with Crippen LogP contribution in [0.2, 0.25) is 5.02 Å². The van der Waals surface area contributed by atoms with Crippen molar-refractivity contribution in [3.05, 3.63) is 29.0 Å². The van der Waals surface area contributed by atoms with Crippen molar-refractivity contribution in [2.24, 2.45) is 17.3 Å². The van der Waals surface area contributed by atoms with Gasteiger partial charge in [-0.2, -0.15) is 0 Å². The minimum Gasteiger partial charge on any atom is -0.326 e. The molecule has 3 nitrogen and oxygen atoms in total. The molecule has 0 radical (unpaired) electrons. The molecule has 1 amide bonds. The molecule has 1 aliphatic heterocycles. The van der Waals surface area contributed by atoms with Gasteiger partial charge in [-0.25, -0.2) is 4.39 Å². The number of rotatable bonds is 5. The van der Waals surface area contributed by atoms with Crippen molar-refractivity contribution in [2.75, 3.05) is 25.0 Å². The van der Waals surface area contributed by atoms with E-state index in [9.17, 15) is 9.18 Å². The summed E-state index contributed by atoms with van der Waals surface area (Å²) in [5.41, 5.74) is 0.904. The molecule has 0 unspecified atom stereocenters. The highest BCUT2D eigenvalue weighted by molar-refractivity contribution is 6.30. The Labute approximate surface area is 166 Å². The van der Waals surface area contributed by atoms with E-state index in [0.29, 0.717) is 16.1 Å². The van der Waals surface area contributed by atoms with Crippen LogP contribution in [0.15, 0.2) is 18.2 Å². The summed E-state index contributed by atoms with van der Waals surface area (Å²) in [6.07, 6.45) is 11.2. The second-order valence-electron chi connectivity index (χ2n) is 9.07. The second-order valence-corrected chi connectivity index (χ2v) is 9.51. The Morgan fingerprint density at radius 1 is 1.15 bits per heavy atom. The Kier molecular flexibility index (Phi) is 5.75. The van der Waals surface area contributed by atoms with E-state index in [1.807, 2.05) is 0 Å². The molecule has 0 atom stereocenters. The molecular formula is C22H30ClFN2O. The number of amides is 1. The van der Waals surface area contributed by atoms with Gasteiger partial charge in [0.1, 0.15) is 5.82 Å². The number of anilines is 1. The summed E-state index contributed by atoms with van der Waals surface area (Å²) in [5, 5.41) is 3.15. The summed E-state index contributed by atoms with van der Waals surface area (Å²) < 4.78 is 13.4. The normalized spacial score (nSPS) is 23.5. The lowest BCUT2D eigenvalue weighted by Gasteiger charge is -2.53. The Hall–Kier alpha value is -1.13. The maximum Gasteiger partial charge on any atom is 0.227 e. The Bertz CT molecular complexity index is 653. The number of likely N-dealkylation sites (tertiary alicyclic amines) is 1. The van der Waals surface area contributed by atoms with Crippen LogP contribution in [0.25, 0.3) is 0 Å². The van der Waals surface area contributed by atoms with Gasteiger partial charge in [-0.1, -0.05) is 37.3 Å². The van der Waals surface area contributed by atoms with Crippen LogP contribution < -0.4 is 5.32 Å². The third kappa shape index (κ3) is 4.65. The van der Waals surface area contributed by atoms with Gasteiger partial charge in [0, 0.05) is 29.7 Å². The van der Waals surface area contributed by atoms with E-state index in [0.717, 1.165) is 31.6 Å². The molecule has 3 aliphatic rings. The molecule has 4 rings (SSSR count). The molecule has 1 N–H and O–H groups in total. The Balaban J connectivity index is 1.20. The van der Waals surface area contributed by atoms with Gasteiger partial charge < -0.3 is 10.2 Å². The van der Waals surface area contributed by atoms with Gasteiger partial charge in [-0.15, -0.1) is 0 Å². The lowest BCUT2D eigenvalue weighted by atomic mass is 9.65. The first-order valence-corrected chi connectivity index (χ1v) is 10.9. The zero-order chi connectivity index (χ0) is 18.9. The largest absolute Gasteiger partial charge is 0.326 e. The summed E-state index contributed by atoms with van der Waals surface area (Å²) in [5.74, 6) is 0.582. The fourth-order valence-electron chi connectivity index (χ4n) is 5.40. The van der Waals surface area contributed by atoms with Crippen LogP contribution in [-0.4, -0.2) is 30.4 Å². The molecule has 1 aromatic rings. The summed E-state index contributed by atoms with van der Waals surface area (Å²) in [6, 6.07) is 4.17. The molecular weight excluding hydrogens is 363 g/mol. The van der Waals surface area contributed by atoms with Gasteiger partial charge in [-0.05, 0) is 68.2 Å². The third-order valence-electron chi connectivity index (χ3n) is 6.99. The van der Waals surface area contributed by atoms with Gasteiger partial charge in [0.05, 0.1) is 0 Å². The van der Waals surface area contributed by atoms with Crippen LogP contribution in [0.1, 0.15) is 57.8 Å². The first-order chi connectivity index (χ1) is 13.0. The molecule has 0 bridgehead atoms. The molecule has 5 heteroatoms. The standard InChI is InChI=1S/C22H30ClFN2O/c23-18-11-19(24)13-20(12-18)25-21(27)17-5-8-22(9-6-17)14-26(15-22)10-7-16-3-1-2-4-16/h11-13,16-17H,1-10,14-15H2,(H,25,27). The first kappa shape index (κ1) is 19.2. The molecule has 1 aromatic carbocycles. The van der Waals surface area contributed by atoms with E-state index in [2.05, 4.69) is 10.2 Å². The number of benzene rings is 1. The number of hydrogen-bond donors (Lipinski definition) is 1. The SMILES string of the molecule is O=C(Nc1cc(F)cc(Cl)c1)C1CCC2(CC1)CN(CCC1CCCC1)C2. The number of carbonyl (C=O) groups excluding carboxylic acids is 1. The highest BCUT2D eigenvalue weighted by Crippen LogP contribution is 2.46. The average Bonchev–Trinajstić information content (AvgIpc) is 3.11. The Morgan fingerprint density at radius 2 is 1.85 bits per heavy atom. The van der Waals surface area contributed by atoms with Crippen LogP contribution >= 0.6 is 11.6 Å². The zero-order valence-corrected chi connectivity index (χ0v) is 16.7. The molecule has 1 spiro atoms. The zero-order valence-electron chi connectivity index (χ0n) is 16.0. The lowest BCUT2D eigenvalue weighted by Crippen LogP contribution is -2.58. The van der Waals surface area contributed by atoms with Crippen molar-refractivity contribution in [1.29, 1.82) is 0 Å². The minimum atomic E-state index is -0.424. The van der Waals surface area contributed by atoms with Gasteiger partial charge in [0.2, 0.25) is 5.91 Å². The predicted octanol–water partition coefficient (Wildman–Crippen LogP) is 5.49. The summed E-state index contributed by atoms with van der Waals surface area (Å²) in [7, 11) is 0. The van der Waals surface area contributed by atoms with Gasteiger partial charge in [-0.3, -0.25) is 4.79 Å².